The van der Waals surface area contributed by atoms with Crippen LogP contribution in [0.4, 0.5) is 18.9 Å². The monoisotopic (exact) mass is 365 g/mol. The summed E-state index contributed by atoms with van der Waals surface area (Å²) < 4.78 is 40.0. The lowest BCUT2D eigenvalue weighted by Gasteiger charge is -2.38. The molecule has 21 heavy (non-hydrogen) atoms. The number of hydrogen-bond donors (Lipinski definition) is 2. The van der Waals surface area contributed by atoms with Gasteiger partial charge in [0.05, 0.1) is 5.56 Å². The normalized spacial score (nSPS) is 19.5. The number of rotatable bonds is 2. The zero-order valence-electron chi connectivity index (χ0n) is 11.3. The summed E-state index contributed by atoms with van der Waals surface area (Å²) in [4.78, 5) is 13.4. The third-order valence-electron chi connectivity index (χ3n) is 3.37. The molecule has 0 aliphatic carbocycles. The summed E-state index contributed by atoms with van der Waals surface area (Å²) in [6.07, 6.45) is -4.47. The van der Waals surface area contributed by atoms with Gasteiger partial charge >= 0.3 is 6.18 Å². The van der Waals surface area contributed by atoms with Gasteiger partial charge in [-0.25, -0.2) is 0 Å². The van der Waals surface area contributed by atoms with Crippen molar-refractivity contribution < 1.29 is 18.0 Å². The molecule has 2 N–H and O–H groups in total. The van der Waals surface area contributed by atoms with Gasteiger partial charge < -0.3 is 15.5 Å². The van der Waals surface area contributed by atoms with Crippen molar-refractivity contribution >= 4 is 27.5 Å². The molecule has 1 aromatic carbocycles. The average Bonchev–Trinajstić information content (AvgIpc) is 2.45. The summed E-state index contributed by atoms with van der Waals surface area (Å²) in [5, 5.41) is 5.52. The molecule has 0 spiro atoms. The van der Waals surface area contributed by atoms with Crippen LogP contribution in [0.5, 0.6) is 0 Å². The molecule has 0 aromatic heterocycles. The number of hydrogen-bond acceptors (Lipinski definition) is 3. The Hall–Kier alpha value is -1.28. The lowest BCUT2D eigenvalue weighted by molar-refractivity contribution is -0.137. The second-order valence-corrected chi connectivity index (χ2v) is 5.60. The second kappa shape index (κ2) is 6.23. The largest absolute Gasteiger partial charge is 0.418 e. The molecule has 2 rings (SSSR count). The first-order valence-electron chi connectivity index (χ1n) is 6.40. The van der Waals surface area contributed by atoms with E-state index in [1.54, 1.807) is 6.07 Å². The van der Waals surface area contributed by atoms with Crippen LogP contribution in [-0.4, -0.2) is 38.6 Å². The molecule has 1 aliphatic rings. The van der Waals surface area contributed by atoms with E-state index in [1.807, 2.05) is 0 Å². The van der Waals surface area contributed by atoms with Gasteiger partial charge in [-0.05, 0) is 18.2 Å². The average molecular weight is 366 g/mol. The first-order valence-corrected chi connectivity index (χ1v) is 7.19. The Morgan fingerprint density at radius 3 is 2.81 bits per heavy atom. The van der Waals surface area contributed by atoms with Gasteiger partial charge in [-0.1, -0.05) is 15.9 Å². The molecule has 1 amide bonds. The number of anilines is 1. The highest BCUT2D eigenvalue weighted by Crippen LogP contribution is 2.39. The van der Waals surface area contributed by atoms with Crippen molar-refractivity contribution in [2.75, 3.05) is 31.6 Å². The van der Waals surface area contributed by atoms with Crippen LogP contribution in [0.2, 0.25) is 0 Å². The van der Waals surface area contributed by atoms with Crippen molar-refractivity contribution in [3.8, 4) is 0 Å². The Morgan fingerprint density at radius 2 is 2.19 bits per heavy atom. The van der Waals surface area contributed by atoms with E-state index in [-0.39, 0.29) is 11.6 Å². The fourth-order valence-corrected chi connectivity index (χ4v) is 2.74. The minimum absolute atomic E-state index is 0.0285. The van der Waals surface area contributed by atoms with E-state index in [0.29, 0.717) is 24.1 Å². The topological polar surface area (TPSA) is 44.4 Å². The van der Waals surface area contributed by atoms with Gasteiger partial charge in [-0.2, -0.15) is 13.2 Å². The van der Waals surface area contributed by atoms with Crippen molar-refractivity contribution in [2.45, 2.75) is 12.2 Å². The Bertz CT molecular complexity index is 536. The maximum atomic E-state index is 13.2. The molecule has 1 atom stereocenters. The molecule has 0 saturated carbocycles. The highest BCUT2D eigenvalue weighted by atomic mass is 79.9. The minimum atomic E-state index is -4.47. The number of carbonyl (C=O) groups is 1. The van der Waals surface area contributed by atoms with Crippen LogP contribution >= 0.6 is 15.9 Å². The highest BCUT2D eigenvalue weighted by molar-refractivity contribution is 9.10. The number of alkyl halides is 3. The molecule has 0 bridgehead atoms. The van der Waals surface area contributed by atoms with Crippen LogP contribution < -0.4 is 15.5 Å². The van der Waals surface area contributed by atoms with Crippen LogP contribution in [0.1, 0.15) is 5.56 Å². The predicted octanol–water partition coefficient (Wildman–Crippen LogP) is 1.99. The summed E-state index contributed by atoms with van der Waals surface area (Å²) in [5.41, 5.74) is -0.714. The summed E-state index contributed by atoms with van der Waals surface area (Å²) in [6, 6.07) is 3.32. The van der Waals surface area contributed by atoms with Gasteiger partial charge in [0.1, 0.15) is 6.04 Å². The van der Waals surface area contributed by atoms with Crippen LogP contribution in [0.3, 0.4) is 0 Å². The van der Waals surface area contributed by atoms with E-state index >= 15 is 0 Å². The van der Waals surface area contributed by atoms with E-state index in [4.69, 9.17) is 0 Å². The molecular weight excluding hydrogens is 351 g/mol. The Balaban J connectivity index is 2.46. The Labute approximate surface area is 128 Å². The van der Waals surface area contributed by atoms with Gasteiger partial charge in [0.2, 0.25) is 5.91 Å². The zero-order valence-corrected chi connectivity index (χ0v) is 12.9. The van der Waals surface area contributed by atoms with Crippen LogP contribution in [-0.2, 0) is 11.0 Å². The first-order chi connectivity index (χ1) is 9.84. The van der Waals surface area contributed by atoms with Gasteiger partial charge in [-0.3, -0.25) is 4.79 Å². The van der Waals surface area contributed by atoms with Gasteiger partial charge in [0.25, 0.3) is 0 Å². The molecular formula is C13H15BrF3N3O. The smallest absolute Gasteiger partial charge is 0.357 e. The summed E-state index contributed by atoms with van der Waals surface area (Å²) in [7, 11) is 1.47. The number of piperazine rings is 1. The standard InChI is InChI=1S/C13H15BrF3N3O/c1-18-12(21)11-7-19-4-5-20(11)10-3-2-8(14)6-9(10)13(15,16)17/h2-3,6,11,19H,4-5,7H2,1H3,(H,18,21). The van der Waals surface area contributed by atoms with E-state index < -0.39 is 17.8 Å². The molecule has 1 unspecified atom stereocenters. The van der Waals surface area contributed by atoms with Crippen LogP contribution in [0.25, 0.3) is 0 Å². The van der Waals surface area contributed by atoms with E-state index in [0.717, 1.165) is 6.07 Å². The first kappa shape index (κ1) is 16.1. The van der Waals surface area contributed by atoms with Gasteiger partial charge in [-0.15, -0.1) is 0 Å². The molecule has 1 heterocycles. The lowest BCUT2D eigenvalue weighted by Crippen LogP contribution is -2.58. The number of carbonyl (C=O) groups excluding carboxylic acids is 1. The van der Waals surface area contributed by atoms with E-state index in [1.165, 1.54) is 18.0 Å². The number of likely N-dealkylation sites (N-methyl/N-ethyl adjacent to an activating group) is 1. The van der Waals surface area contributed by atoms with Crippen molar-refractivity contribution in [2.24, 2.45) is 0 Å². The maximum Gasteiger partial charge on any atom is 0.418 e. The predicted molar refractivity (Wildman–Crippen MR) is 77.2 cm³/mol. The molecule has 1 aliphatic heterocycles. The van der Waals surface area contributed by atoms with Crippen molar-refractivity contribution in [3.63, 3.8) is 0 Å². The second-order valence-electron chi connectivity index (χ2n) is 4.69. The number of nitrogens with zero attached hydrogens (tertiary/aromatic N) is 1. The lowest BCUT2D eigenvalue weighted by atomic mass is 10.1. The summed E-state index contributed by atoms with van der Waals surface area (Å²) in [6.45, 7) is 1.18. The van der Waals surface area contributed by atoms with Crippen LogP contribution in [0.15, 0.2) is 22.7 Å². The summed E-state index contributed by atoms with van der Waals surface area (Å²) >= 11 is 3.06. The molecule has 116 valence electrons. The third-order valence-corrected chi connectivity index (χ3v) is 3.86. The molecule has 1 saturated heterocycles. The molecule has 1 aromatic rings. The number of halogens is 4. The molecule has 8 heteroatoms. The fourth-order valence-electron chi connectivity index (χ4n) is 2.38. The molecule has 4 nitrogen and oxygen atoms in total. The van der Waals surface area contributed by atoms with Gasteiger partial charge in [0, 0.05) is 36.8 Å². The van der Waals surface area contributed by atoms with E-state index in [9.17, 15) is 18.0 Å². The van der Waals surface area contributed by atoms with Gasteiger partial charge in [0.15, 0.2) is 0 Å². The Kier molecular flexibility index (Phi) is 4.77. The number of amides is 1. The fraction of sp³-hybridized carbons (Fsp3) is 0.462. The van der Waals surface area contributed by atoms with Crippen molar-refractivity contribution in [1.82, 2.24) is 10.6 Å². The maximum absolute atomic E-state index is 13.2. The Morgan fingerprint density at radius 1 is 1.48 bits per heavy atom. The zero-order chi connectivity index (χ0) is 15.6. The quantitative estimate of drug-likeness (QED) is 0.842. The van der Waals surface area contributed by atoms with Crippen molar-refractivity contribution in [3.05, 3.63) is 28.2 Å². The third kappa shape index (κ3) is 3.49. The number of nitrogens with one attached hydrogen (secondary N) is 2. The molecule has 1 fully saturated rings. The SMILES string of the molecule is CNC(=O)C1CNCCN1c1ccc(Br)cc1C(F)(F)F. The summed E-state index contributed by atoms with van der Waals surface area (Å²) in [5.74, 6) is -0.307. The highest BCUT2D eigenvalue weighted by Gasteiger charge is 2.38. The van der Waals surface area contributed by atoms with Crippen LogP contribution in [0, 0.1) is 0 Å². The minimum Gasteiger partial charge on any atom is -0.357 e. The molecule has 0 radical (unpaired) electrons. The van der Waals surface area contributed by atoms with Crippen molar-refractivity contribution in [1.29, 1.82) is 0 Å². The van der Waals surface area contributed by atoms with E-state index in [2.05, 4.69) is 26.6 Å². The number of benzene rings is 1.